The van der Waals surface area contributed by atoms with Gasteiger partial charge in [0.25, 0.3) is 5.91 Å². The number of unbranched alkanes of at least 4 members (excludes halogenated alkanes) is 1. The number of amides is 1. The number of carbonyl (C=O) groups excluding carboxylic acids is 2. The first-order valence-electron chi connectivity index (χ1n) is 12.8. The molecule has 202 valence electrons. The maximum absolute atomic E-state index is 13.5. The highest BCUT2D eigenvalue weighted by Gasteiger charge is 2.40. The van der Waals surface area contributed by atoms with Gasteiger partial charge in [-0.1, -0.05) is 20.3 Å². The lowest BCUT2D eigenvalue weighted by Crippen LogP contribution is -2.40. The second-order valence-electron chi connectivity index (χ2n) is 9.96. The molecule has 1 spiro atoms. The molecule has 3 heterocycles. The summed E-state index contributed by atoms with van der Waals surface area (Å²) in [7, 11) is -1.09. The molecule has 1 aromatic carbocycles. The zero-order chi connectivity index (χ0) is 26.8. The van der Waals surface area contributed by atoms with Gasteiger partial charge in [0.1, 0.15) is 4.90 Å². The van der Waals surface area contributed by atoms with Crippen molar-refractivity contribution in [3.05, 3.63) is 40.7 Å². The van der Waals surface area contributed by atoms with Gasteiger partial charge in [-0.3, -0.25) is 4.79 Å². The van der Waals surface area contributed by atoms with Crippen molar-refractivity contribution < 1.29 is 27.5 Å². The van der Waals surface area contributed by atoms with Gasteiger partial charge in [0, 0.05) is 33.9 Å². The molecule has 0 radical (unpaired) electrons. The molecule has 2 aliphatic heterocycles. The van der Waals surface area contributed by atoms with Gasteiger partial charge in [0.15, 0.2) is 0 Å². The lowest BCUT2D eigenvalue weighted by molar-refractivity contribution is 0.0155. The summed E-state index contributed by atoms with van der Waals surface area (Å²) in [5.41, 5.74) is 2.03. The van der Waals surface area contributed by atoms with Crippen LogP contribution in [0.15, 0.2) is 23.1 Å². The van der Waals surface area contributed by atoms with E-state index in [1.165, 1.54) is 20.2 Å². The Kier molecular flexibility index (Phi) is 8.05. The van der Waals surface area contributed by atoms with Crippen LogP contribution >= 0.6 is 0 Å². The molecule has 1 saturated heterocycles. The molecular weight excluding hydrogens is 496 g/mol. The van der Waals surface area contributed by atoms with Crippen LogP contribution in [0.25, 0.3) is 5.69 Å². The van der Waals surface area contributed by atoms with Gasteiger partial charge in [-0.25, -0.2) is 22.2 Å². The summed E-state index contributed by atoms with van der Waals surface area (Å²) in [6.07, 6.45) is 4.23. The van der Waals surface area contributed by atoms with Gasteiger partial charge < -0.3 is 14.8 Å². The monoisotopic (exact) mass is 532 g/mol. The maximum atomic E-state index is 13.5. The average molecular weight is 533 g/mol. The summed E-state index contributed by atoms with van der Waals surface area (Å²) >= 11 is 0. The molecule has 10 nitrogen and oxygen atoms in total. The Morgan fingerprint density at radius 3 is 2.62 bits per heavy atom. The fraction of sp³-hybridized carbons (Fsp3) is 0.577. The van der Waals surface area contributed by atoms with E-state index in [4.69, 9.17) is 14.6 Å². The lowest BCUT2D eigenvalue weighted by Gasteiger charge is -2.36. The number of aryl methyl sites for hydroxylation is 1. The van der Waals surface area contributed by atoms with Crippen molar-refractivity contribution >= 4 is 21.9 Å². The Morgan fingerprint density at radius 2 is 1.97 bits per heavy atom. The summed E-state index contributed by atoms with van der Waals surface area (Å²) in [5.74, 6) is -0.779. The minimum absolute atomic E-state index is 0.0684. The number of ether oxygens (including phenoxy) is 2. The van der Waals surface area contributed by atoms with Gasteiger partial charge in [-0.15, -0.1) is 0 Å². The number of aromatic nitrogens is 2. The zero-order valence-corrected chi connectivity index (χ0v) is 22.8. The van der Waals surface area contributed by atoms with E-state index in [-0.39, 0.29) is 28.4 Å². The average Bonchev–Trinajstić information content (AvgIpc) is 3.18. The van der Waals surface area contributed by atoms with Crippen LogP contribution in [0.2, 0.25) is 0 Å². The lowest BCUT2D eigenvalue weighted by atomic mass is 9.76. The van der Waals surface area contributed by atoms with Crippen molar-refractivity contribution in [2.24, 2.45) is 5.41 Å². The molecule has 0 saturated carbocycles. The molecule has 1 aromatic heterocycles. The Hall–Kier alpha value is -2.76. The molecule has 2 aliphatic rings. The normalized spacial score (nSPS) is 17.4. The third-order valence-electron chi connectivity index (χ3n) is 7.25. The number of benzene rings is 1. The number of sulfonamides is 1. The number of nitrogens with zero attached hydrogens (tertiary/aromatic N) is 3. The minimum atomic E-state index is -3.97. The molecule has 0 bridgehead atoms. The van der Waals surface area contributed by atoms with Gasteiger partial charge in [-0.05, 0) is 55.7 Å². The standard InChI is InChI=1S/C26H36N4O6S/c1-5-7-12-36-25(32)18-8-9-20(22(15-18)37(33,34)29(3)4)30-21-16-26(10-13-35-14-11-26)17-27-24(31)23(21)19(6-2)28-30/h8-9,15H,5-7,10-14,16-17H2,1-4H3,(H,27,31). The summed E-state index contributed by atoms with van der Waals surface area (Å²) < 4.78 is 40.6. The van der Waals surface area contributed by atoms with Crippen molar-refractivity contribution in [1.82, 2.24) is 19.4 Å². The molecular formula is C26H36N4O6S. The fourth-order valence-electron chi connectivity index (χ4n) is 4.92. The van der Waals surface area contributed by atoms with Crippen LogP contribution in [-0.4, -0.2) is 74.8 Å². The highest BCUT2D eigenvalue weighted by Crippen LogP contribution is 2.39. The smallest absolute Gasteiger partial charge is 0.338 e. The summed E-state index contributed by atoms with van der Waals surface area (Å²) in [4.78, 5) is 25.8. The number of hydrogen-bond acceptors (Lipinski definition) is 7. The number of hydrogen-bond donors (Lipinski definition) is 1. The van der Waals surface area contributed by atoms with Crippen LogP contribution in [0.1, 0.15) is 71.6 Å². The third kappa shape index (κ3) is 5.30. The minimum Gasteiger partial charge on any atom is -0.462 e. The number of nitrogens with one attached hydrogen (secondary N) is 1. The number of esters is 1. The van der Waals surface area contributed by atoms with Crippen LogP contribution in [0.5, 0.6) is 0 Å². The van der Waals surface area contributed by atoms with Crippen LogP contribution < -0.4 is 5.32 Å². The number of carbonyl (C=O) groups is 2. The van der Waals surface area contributed by atoms with Crippen molar-refractivity contribution in [1.29, 1.82) is 0 Å². The molecule has 0 aliphatic carbocycles. The van der Waals surface area contributed by atoms with Gasteiger partial charge in [-0.2, -0.15) is 5.10 Å². The van der Waals surface area contributed by atoms with Crippen LogP contribution in [0.3, 0.4) is 0 Å². The molecule has 1 fully saturated rings. The summed E-state index contributed by atoms with van der Waals surface area (Å²) in [6.45, 7) is 5.91. The second-order valence-corrected chi connectivity index (χ2v) is 12.1. The largest absolute Gasteiger partial charge is 0.462 e. The van der Waals surface area contributed by atoms with E-state index in [0.717, 1.165) is 30.0 Å². The van der Waals surface area contributed by atoms with E-state index in [1.54, 1.807) is 16.8 Å². The van der Waals surface area contributed by atoms with Crippen molar-refractivity contribution in [3.8, 4) is 5.69 Å². The summed E-state index contributed by atoms with van der Waals surface area (Å²) in [6, 6.07) is 4.48. The highest BCUT2D eigenvalue weighted by molar-refractivity contribution is 7.89. The zero-order valence-electron chi connectivity index (χ0n) is 22.0. The second kappa shape index (κ2) is 10.9. The van der Waals surface area contributed by atoms with Gasteiger partial charge in [0.05, 0.1) is 34.8 Å². The molecule has 0 unspecified atom stereocenters. The molecule has 4 rings (SSSR count). The highest BCUT2D eigenvalue weighted by atomic mass is 32.2. The number of rotatable bonds is 8. The van der Waals surface area contributed by atoms with Crippen molar-refractivity contribution in [2.75, 3.05) is 40.5 Å². The molecule has 1 N–H and O–H groups in total. The molecule has 0 atom stereocenters. The predicted molar refractivity (Wildman–Crippen MR) is 138 cm³/mol. The fourth-order valence-corrected chi connectivity index (χ4v) is 6.01. The van der Waals surface area contributed by atoms with Crippen LogP contribution in [0, 0.1) is 5.41 Å². The number of fused-ring (bicyclic) bond motifs is 1. The van der Waals surface area contributed by atoms with Crippen molar-refractivity contribution in [3.63, 3.8) is 0 Å². The first kappa shape index (κ1) is 27.3. The topological polar surface area (TPSA) is 120 Å². The maximum Gasteiger partial charge on any atom is 0.338 e. The van der Waals surface area contributed by atoms with E-state index in [0.29, 0.717) is 55.2 Å². The van der Waals surface area contributed by atoms with Gasteiger partial charge >= 0.3 is 5.97 Å². The summed E-state index contributed by atoms with van der Waals surface area (Å²) in [5, 5.41) is 7.82. The Bertz CT molecular complexity index is 1280. The molecule has 2 aromatic rings. The third-order valence-corrected chi connectivity index (χ3v) is 9.09. The van der Waals surface area contributed by atoms with E-state index >= 15 is 0 Å². The molecule has 1 amide bonds. The molecule has 37 heavy (non-hydrogen) atoms. The Labute approximate surface area is 218 Å². The van der Waals surface area contributed by atoms with E-state index in [9.17, 15) is 18.0 Å². The Morgan fingerprint density at radius 1 is 1.24 bits per heavy atom. The van der Waals surface area contributed by atoms with Crippen molar-refractivity contribution in [2.45, 2.75) is 57.3 Å². The van der Waals surface area contributed by atoms with Gasteiger partial charge in [0.2, 0.25) is 10.0 Å². The first-order chi connectivity index (χ1) is 17.6. The quantitative estimate of drug-likeness (QED) is 0.410. The Balaban J connectivity index is 1.89. The van der Waals surface area contributed by atoms with E-state index < -0.39 is 16.0 Å². The van der Waals surface area contributed by atoms with E-state index in [1.807, 2.05) is 13.8 Å². The van der Waals surface area contributed by atoms with E-state index in [2.05, 4.69) is 5.32 Å². The van der Waals surface area contributed by atoms with Crippen LogP contribution in [0.4, 0.5) is 0 Å². The SMILES string of the molecule is CCCCOC(=O)c1ccc(-n2nc(CC)c3c2CC2(CCOCC2)CNC3=O)c(S(=O)(=O)N(C)C)c1. The molecule has 11 heteroatoms. The van der Waals surface area contributed by atoms with Crippen LogP contribution in [-0.2, 0) is 32.3 Å². The first-order valence-corrected chi connectivity index (χ1v) is 14.3. The predicted octanol–water partition coefficient (Wildman–Crippen LogP) is 2.72.